The first-order valence-corrected chi connectivity index (χ1v) is 4.14. The summed E-state index contributed by atoms with van der Waals surface area (Å²) >= 11 is 0. The van der Waals surface area contributed by atoms with Gasteiger partial charge in [-0.15, -0.1) is 0 Å². The van der Waals surface area contributed by atoms with Crippen LogP contribution in [0.4, 0.5) is 0 Å². The first-order valence-electron chi connectivity index (χ1n) is 4.14. The van der Waals surface area contributed by atoms with E-state index < -0.39 is 0 Å². The molecule has 1 aliphatic rings. The van der Waals surface area contributed by atoms with Crippen molar-refractivity contribution >= 4 is 0 Å². The molecule has 0 aromatic carbocycles. The molecular formula is C8H18N2. The predicted molar refractivity (Wildman–Crippen MR) is 43.9 cm³/mol. The van der Waals surface area contributed by atoms with Crippen LogP contribution in [0.25, 0.3) is 0 Å². The third kappa shape index (κ3) is 1.32. The van der Waals surface area contributed by atoms with Gasteiger partial charge in [0.15, 0.2) is 0 Å². The van der Waals surface area contributed by atoms with E-state index in [1.807, 2.05) is 0 Å². The van der Waals surface area contributed by atoms with Gasteiger partial charge in [0.2, 0.25) is 0 Å². The molecule has 2 atom stereocenters. The summed E-state index contributed by atoms with van der Waals surface area (Å²) in [4.78, 5) is 2.46. The van der Waals surface area contributed by atoms with E-state index in [-0.39, 0.29) is 0 Å². The molecule has 0 spiro atoms. The van der Waals surface area contributed by atoms with Gasteiger partial charge in [-0.3, -0.25) is 4.90 Å². The lowest BCUT2D eigenvalue weighted by molar-refractivity contribution is 0.209. The fourth-order valence-electron chi connectivity index (χ4n) is 1.72. The lowest BCUT2D eigenvalue weighted by Gasteiger charge is -2.26. The van der Waals surface area contributed by atoms with Crippen LogP contribution in [0.15, 0.2) is 0 Å². The Morgan fingerprint density at radius 1 is 1.50 bits per heavy atom. The maximum absolute atomic E-state index is 5.86. The van der Waals surface area contributed by atoms with Gasteiger partial charge in [-0.25, -0.2) is 0 Å². The Hall–Kier alpha value is -0.0800. The summed E-state index contributed by atoms with van der Waals surface area (Å²) in [5.41, 5.74) is 5.86. The quantitative estimate of drug-likeness (QED) is 0.587. The largest absolute Gasteiger partial charge is 0.326 e. The smallest absolute Gasteiger partial charge is 0.0222 e. The van der Waals surface area contributed by atoms with Crippen LogP contribution in [0, 0.1) is 0 Å². The summed E-state index contributed by atoms with van der Waals surface area (Å²) < 4.78 is 0. The summed E-state index contributed by atoms with van der Waals surface area (Å²) in [5, 5.41) is 0. The van der Waals surface area contributed by atoms with E-state index in [0.29, 0.717) is 18.1 Å². The molecule has 2 N–H and O–H groups in total. The normalized spacial score (nSPS) is 35.7. The van der Waals surface area contributed by atoms with Crippen LogP contribution in [-0.4, -0.2) is 29.6 Å². The number of rotatable bonds is 1. The molecule has 10 heavy (non-hydrogen) atoms. The van der Waals surface area contributed by atoms with Gasteiger partial charge in [0, 0.05) is 24.7 Å². The Bertz CT molecular complexity index is 112. The van der Waals surface area contributed by atoms with Crippen molar-refractivity contribution in [2.75, 3.05) is 6.54 Å². The van der Waals surface area contributed by atoms with Crippen molar-refractivity contribution in [3.63, 3.8) is 0 Å². The molecule has 0 saturated carbocycles. The van der Waals surface area contributed by atoms with Crippen molar-refractivity contribution in [2.45, 2.75) is 45.3 Å². The molecule has 1 saturated heterocycles. The molecule has 1 heterocycles. The van der Waals surface area contributed by atoms with Crippen molar-refractivity contribution in [1.29, 1.82) is 0 Å². The van der Waals surface area contributed by atoms with Crippen LogP contribution >= 0.6 is 0 Å². The standard InChI is InChI=1S/C8H18N2/c1-6(2)10-5-4-8(9)7(10)3/h6-8H,4-5,9H2,1-3H3/t7-,8-/m1/s1. The molecule has 2 nitrogen and oxygen atoms in total. The van der Waals surface area contributed by atoms with Crippen LogP contribution in [-0.2, 0) is 0 Å². The number of nitrogens with two attached hydrogens (primary N) is 1. The molecule has 0 bridgehead atoms. The van der Waals surface area contributed by atoms with E-state index >= 15 is 0 Å². The zero-order valence-corrected chi connectivity index (χ0v) is 7.17. The van der Waals surface area contributed by atoms with Gasteiger partial charge in [-0.05, 0) is 27.2 Å². The molecule has 1 aliphatic heterocycles. The van der Waals surface area contributed by atoms with Gasteiger partial charge in [-0.1, -0.05) is 0 Å². The zero-order valence-electron chi connectivity index (χ0n) is 7.17. The first-order chi connectivity index (χ1) is 4.63. The highest BCUT2D eigenvalue weighted by atomic mass is 15.2. The third-order valence-corrected chi connectivity index (χ3v) is 2.53. The van der Waals surface area contributed by atoms with Crippen LogP contribution < -0.4 is 5.73 Å². The number of hydrogen-bond acceptors (Lipinski definition) is 2. The molecule has 1 fully saturated rings. The maximum Gasteiger partial charge on any atom is 0.0222 e. The molecule has 60 valence electrons. The minimum Gasteiger partial charge on any atom is -0.326 e. The third-order valence-electron chi connectivity index (χ3n) is 2.53. The Labute approximate surface area is 63.4 Å². The van der Waals surface area contributed by atoms with Gasteiger partial charge < -0.3 is 5.73 Å². The van der Waals surface area contributed by atoms with Crippen molar-refractivity contribution in [3.05, 3.63) is 0 Å². The van der Waals surface area contributed by atoms with Crippen LogP contribution in [0.5, 0.6) is 0 Å². The van der Waals surface area contributed by atoms with Gasteiger partial charge in [0.05, 0.1) is 0 Å². The molecule has 0 unspecified atom stereocenters. The van der Waals surface area contributed by atoms with Gasteiger partial charge in [-0.2, -0.15) is 0 Å². The highest BCUT2D eigenvalue weighted by molar-refractivity contribution is 4.87. The van der Waals surface area contributed by atoms with Crippen LogP contribution in [0.3, 0.4) is 0 Å². The van der Waals surface area contributed by atoms with E-state index in [4.69, 9.17) is 5.73 Å². The molecule has 0 radical (unpaired) electrons. The molecule has 0 aromatic rings. The lowest BCUT2D eigenvalue weighted by atomic mass is 10.1. The minimum absolute atomic E-state index is 0.405. The van der Waals surface area contributed by atoms with E-state index in [0.717, 1.165) is 0 Å². The molecular weight excluding hydrogens is 124 g/mol. The highest BCUT2D eigenvalue weighted by Crippen LogP contribution is 2.17. The number of hydrogen-bond donors (Lipinski definition) is 1. The van der Waals surface area contributed by atoms with Gasteiger partial charge in [0.1, 0.15) is 0 Å². The second-order valence-corrected chi connectivity index (χ2v) is 3.52. The summed E-state index contributed by atoms with van der Waals surface area (Å²) in [6, 6.07) is 1.64. The Kier molecular flexibility index (Phi) is 2.32. The molecule has 2 heteroatoms. The van der Waals surface area contributed by atoms with Crippen LogP contribution in [0.1, 0.15) is 27.2 Å². The average Bonchev–Trinajstić information content (AvgIpc) is 2.14. The SMILES string of the molecule is CC(C)N1CC[C@@H](N)[C@H]1C. The summed E-state index contributed by atoms with van der Waals surface area (Å²) in [5.74, 6) is 0. The highest BCUT2D eigenvalue weighted by Gasteiger charge is 2.28. The first kappa shape index (κ1) is 8.02. The predicted octanol–water partition coefficient (Wildman–Crippen LogP) is 0.816. The summed E-state index contributed by atoms with van der Waals surface area (Å²) in [6.45, 7) is 7.86. The Balaban J connectivity index is 2.49. The van der Waals surface area contributed by atoms with Crippen molar-refractivity contribution in [2.24, 2.45) is 5.73 Å². The van der Waals surface area contributed by atoms with E-state index in [1.165, 1.54) is 13.0 Å². The fraction of sp³-hybridized carbons (Fsp3) is 1.00. The number of nitrogens with zero attached hydrogens (tertiary/aromatic N) is 1. The second kappa shape index (κ2) is 2.89. The van der Waals surface area contributed by atoms with Crippen molar-refractivity contribution in [3.8, 4) is 0 Å². The van der Waals surface area contributed by atoms with Crippen LogP contribution in [0.2, 0.25) is 0 Å². The van der Waals surface area contributed by atoms with Gasteiger partial charge >= 0.3 is 0 Å². The lowest BCUT2D eigenvalue weighted by Crippen LogP contribution is -2.40. The monoisotopic (exact) mass is 142 g/mol. The molecule has 0 amide bonds. The van der Waals surface area contributed by atoms with Crippen molar-refractivity contribution in [1.82, 2.24) is 4.90 Å². The Morgan fingerprint density at radius 3 is 2.30 bits per heavy atom. The second-order valence-electron chi connectivity index (χ2n) is 3.52. The van der Waals surface area contributed by atoms with E-state index in [9.17, 15) is 0 Å². The zero-order chi connectivity index (χ0) is 7.72. The molecule has 1 rings (SSSR count). The molecule has 0 aliphatic carbocycles. The molecule has 0 aromatic heterocycles. The fourth-order valence-corrected chi connectivity index (χ4v) is 1.72. The average molecular weight is 142 g/mol. The van der Waals surface area contributed by atoms with Gasteiger partial charge in [0.25, 0.3) is 0 Å². The van der Waals surface area contributed by atoms with Crippen molar-refractivity contribution < 1.29 is 0 Å². The minimum atomic E-state index is 0.405. The topological polar surface area (TPSA) is 29.3 Å². The van der Waals surface area contributed by atoms with E-state index in [1.54, 1.807) is 0 Å². The summed E-state index contributed by atoms with van der Waals surface area (Å²) in [7, 11) is 0. The number of likely N-dealkylation sites (tertiary alicyclic amines) is 1. The van der Waals surface area contributed by atoms with E-state index in [2.05, 4.69) is 25.7 Å². The summed E-state index contributed by atoms with van der Waals surface area (Å²) in [6.07, 6.45) is 1.17. The Morgan fingerprint density at radius 2 is 2.10 bits per heavy atom. The maximum atomic E-state index is 5.86.